The van der Waals surface area contributed by atoms with E-state index in [-0.39, 0.29) is 22.7 Å². The van der Waals surface area contributed by atoms with Gasteiger partial charge in [-0.15, -0.1) is 0 Å². The van der Waals surface area contributed by atoms with Crippen molar-refractivity contribution < 1.29 is 22.1 Å². The Morgan fingerprint density at radius 2 is 1.81 bits per heavy atom. The van der Waals surface area contributed by atoms with Crippen LogP contribution in [-0.4, -0.2) is 26.6 Å². The van der Waals surface area contributed by atoms with E-state index in [1.807, 2.05) is 6.92 Å². The van der Waals surface area contributed by atoms with Crippen molar-refractivity contribution in [2.45, 2.75) is 38.7 Å². The van der Waals surface area contributed by atoms with Crippen LogP contribution in [0.3, 0.4) is 0 Å². The molecular formula is C19H25NO6S. The quantitative estimate of drug-likeness (QED) is 0.621. The van der Waals surface area contributed by atoms with Gasteiger partial charge in [-0.05, 0) is 43.5 Å². The minimum Gasteiger partial charge on any atom is -0.494 e. The molecule has 0 bridgehead atoms. The topological polar surface area (TPSA) is 94.7 Å². The lowest BCUT2D eigenvalue weighted by Gasteiger charge is -2.09. The van der Waals surface area contributed by atoms with E-state index in [1.54, 1.807) is 12.1 Å². The van der Waals surface area contributed by atoms with Crippen LogP contribution < -0.4 is 14.9 Å². The summed E-state index contributed by atoms with van der Waals surface area (Å²) in [4.78, 5) is 14.9. The van der Waals surface area contributed by atoms with Gasteiger partial charge in [-0.1, -0.05) is 13.8 Å². The first-order valence-electron chi connectivity index (χ1n) is 8.78. The molecule has 1 heterocycles. The molecule has 0 amide bonds. The molecule has 1 N–H and O–H groups in total. The maximum absolute atomic E-state index is 12.3. The van der Waals surface area contributed by atoms with Crippen molar-refractivity contribution in [1.29, 1.82) is 0 Å². The van der Waals surface area contributed by atoms with Gasteiger partial charge in [-0.2, -0.15) is 8.42 Å². The maximum Gasteiger partial charge on any atom is 0.297 e. The van der Waals surface area contributed by atoms with Crippen molar-refractivity contribution in [1.82, 2.24) is 4.98 Å². The molecule has 8 heteroatoms. The Labute approximate surface area is 159 Å². The van der Waals surface area contributed by atoms with Gasteiger partial charge in [0.05, 0.1) is 18.1 Å². The van der Waals surface area contributed by atoms with Crippen LogP contribution in [0.5, 0.6) is 11.5 Å². The summed E-state index contributed by atoms with van der Waals surface area (Å²) in [7, 11) is -3.95. The number of pyridine rings is 1. The molecule has 2 aromatic rings. The van der Waals surface area contributed by atoms with Crippen LogP contribution in [-0.2, 0) is 20.9 Å². The molecule has 0 atom stereocenters. The number of hydrogen-bond donors (Lipinski definition) is 1. The molecule has 1 aromatic heterocycles. The zero-order valence-corrected chi connectivity index (χ0v) is 16.5. The smallest absolute Gasteiger partial charge is 0.297 e. The summed E-state index contributed by atoms with van der Waals surface area (Å²) in [6, 6.07) is 7.22. The number of hydrogen-bond acceptors (Lipinski definition) is 6. The van der Waals surface area contributed by atoms with Gasteiger partial charge in [0.2, 0.25) is 5.43 Å². The fourth-order valence-electron chi connectivity index (χ4n) is 2.18. The third kappa shape index (κ3) is 6.41. The Bertz CT molecular complexity index is 887. The van der Waals surface area contributed by atoms with Crippen molar-refractivity contribution in [3.8, 4) is 11.5 Å². The van der Waals surface area contributed by atoms with Gasteiger partial charge < -0.3 is 14.5 Å². The van der Waals surface area contributed by atoms with Crippen LogP contribution in [0.1, 0.15) is 32.9 Å². The minimum absolute atomic E-state index is 0.0157. The number of aromatic nitrogens is 1. The molecule has 0 saturated carbocycles. The summed E-state index contributed by atoms with van der Waals surface area (Å²) in [6.07, 6.45) is 2.26. The molecule has 27 heavy (non-hydrogen) atoms. The number of benzene rings is 1. The summed E-state index contributed by atoms with van der Waals surface area (Å²) < 4.78 is 40.2. The predicted octanol–water partition coefficient (Wildman–Crippen LogP) is 3.10. The number of nitrogens with one attached hydrogen (secondary N) is 1. The van der Waals surface area contributed by atoms with Crippen molar-refractivity contribution in [3.63, 3.8) is 0 Å². The maximum atomic E-state index is 12.3. The zero-order valence-electron chi connectivity index (χ0n) is 15.7. The van der Waals surface area contributed by atoms with Crippen LogP contribution in [0.4, 0.5) is 0 Å². The van der Waals surface area contributed by atoms with Gasteiger partial charge in [-0.25, -0.2) is 0 Å². The van der Waals surface area contributed by atoms with Gasteiger partial charge in [-0.3, -0.25) is 8.98 Å². The van der Waals surface area contributed by atoms with E-state index in [0.29, 0.717) is 30.6 Å². The van der Waals surface area contributed by atoms with Gasteiger partial charge in [0.25, 0.3) is 10.1 Å². The van der Waals surface area contributed by atoms with Gasteiger partial charge >= 0.3 is 0 Å². The van der Waals surface area contributed by atoms with Gasteiger partial charge in [0, 0.05) is 18.0 Å². The first-order chi connectivity index (χ1) is 12.8. The van der Waals surface area contributed by atoms with Crippen molar-refractivity contribution >= 4 is 10.1 Å². The Morgan fingerprint density at radius 3 is 2.41 bits per heavy atom. The molecule has 0 unspecified atom stereocenters. The lowest BCUT2D eigenvalue weighted by Crippen LogP contribution is -2.13. The number of rotatable bonds is 10. The summed E-state index contributed by atoms with van der Waals surface area (Å²) in [5.74, 6) is 1.26. The van der Waals surface area contributed by atoms with E-state index in [2.05, 4.69) is 18.8 Å². The highest BCUT2D eigenvalue weighted by Crippen LogP contribution is 2.18. The van der Waals surface area contributed by atoms with Crippen LogP contribution in [0, 0.1) is 5.92 Å². The number of H-pyrrole nitrogens is 1. The third-order valence-electron chi connectivity index (χ3n) is 3.68. The lowest BCUT2D eigenvalue weighted by molar-refractivity contribution is 0.283. The summed E-state index contributed by atoms with van der Waals surface area (Å²) >= 11 is 0. The SMILES string of the molecule is CCOc1ccc(S(=O)(=O)OCc2cc(=O)c(OCCC(C)C)c[nH]2)cc1. The van der Waals surface area contributed by atoms with E-state index in [0.717, 1.165) is 6.42 Å². The molecule has 0 aliphatic carbocycles. The third-order valence-corrected chi connectivity index (χ3v) is 4.96. The molecule has 7 nitrogen and oxygen atoms in total. The predicted molar refractivity (Wildman–Crippen MR) is 102 cm³/mol. The molecule has 1 aromatic carbocycles. The second-order valence-electron chi connectivity index (χ2n) is 6.34. The van der Waals surface area contributed by atoms with Crippen LogP contribution in [0.2, 0.25) is 0 Å². The Balaban J connectivity index is 1.98. The fraction of sp³-hybridized carbons (Fsp3) is 0.421. The normalized spacial score (nSPS) is 11.6. The number of aromatic amines is 1. The standard InChI is InChI=1S/C19H25NO6S/c1-4-24-16-5-7-17(8-6-16)27(22,23)26-13-15-11-18(21)19(12-20-15)25-10-9-14(2)3/h5-8,11-12,14H,4,9-10,13H2,1-3H3,(H,20,21). The highest BCUT2D eigenvalue weighted by atomic mass is 32.2. The number of ether oxygens (including phenoxy) is 2. The monoisotopic (exact) mass is 395 g/mol. The Kier molecular flexibility index (Phi) is 7.44. The average molecular weight is 395 g/mol. The molecule has 2 rings (SSSR count). The largest absolute Gasteiger partial charge is 0.494 e. The first-order valence-corrected chi connectivity index (χ1v) is 10.2. The van der Waals surface area contributed by atoms with E-state index < -0.39 is 10.1 Å². The Morgan fingerprint density at radius 1 is 1.11 bits per heavy atom. The summed E-state index contributed by atoms with van der Waals surface area (Å²) in [5, 5.41) is 0. The highest BCUT2D eigenvalue weighted by molar-refractivity contribution is 7.86. The average Bonchev–Trinajstić information content (AvgIpc) is 2.62. The van der Waals surface area contributed by atoms with Gasteiger partial charge in [0.1, 0.15) is 12.4 Å². The lowest BCUT2D eigenvalue weighted by atomic mass is 10.1. The second kappa shape index (κ2) is 9.57. The zero-order chi connectivity index (χ0) is 19.9. The molecule has 0 aliphatic rings. The van der Waals surface area contributed by atoms with E-state index in [9.17, 15) is 13.2 Å². The molecule has 0 radical (unpaired) electrons. The van der Waals surface area contributed by atoms with Crippen LogP contribution >= 0.6 is 0 Å². The second-order valence-corrected chi connectivity index (χ2v) is 7.95. The highest BCUT2D eigenvalue weighted by Gasteiger charge is 2.16. The molecule has 0 fully saturated rings. The van der Waals surface area contributed by atoms with E-state index in [1.165, 1.54) is 24.4 Å². The molecule has 0 saturated heterocycles. The van der Waals surface area contributed by atoms with Crippen molar-refractivity contribution in [2.24, 2.45) is 5.92 Å². The summed E-state index contributed by atoms with van der Waals surface area (Å²) in [6.45, 7) is 6.64. The van der Waals surface area contributed by atoms with Crippen LogP contribution in [0.25, 0.3) is 0 Å². The summed E-state index contributed by atoms with van der Waals surface area (Å²) in [5.41, 5.74) is 0.0142. The molecule has 0 aliphatic heterocycles. The Hall–Kier alpha value is -2.32. The fourth-order valence-corrected chi connectivity index (χ4v) is 3.07. The van der Waals surface area contributed by atoms with Crippen molar-refractivity contribution in [2.75, 3.05) is 13.2 Å². The molecule has 148 valence electrons. The molecule has 0 spiro atoms. The minimum atomic E-state index is -3.95. The first kappa shape index (κ1) is 21.0. The van der Waals surface area contributed by atoms with Crippen LogP contribution in [0.15, 0.2) is 46.2 Å². The molecular weight excluding hydrogens is 370 g/mol. The van der Waals surface area contributed by atoms with E-state index in [4.69, 9.17) is 13.7 Å². The van der Waals surface area contributed by atoms with Gasteiger partial charge in [0.15, 0.2) is 5.75 Å². The van der Waals surface area contributed by atoms with Crippen molar-refractivity contribution in [3.05, 3.63) is 52.4 Å². The van der Waals surface area contributed by atoms with E-state index >= 15 is 0 Å².